The third kappa shape index (κ3) is 3.61. The Hall–Kier alpha value is -2.42. The molecule has 1 amide bonds. The van der Waals surface area contributed by atoms with Crippen molar-refractivity contribution in [1.82, 2.24) is 9.55 Å². The number of nitrogens with zero attached hydrogens (tertiary/aromatic N) is 3. The number of nitro groups is 1. The highest BCUT2D eigenvalue weighted by Gasteiger charge is 2.20. The van der Waals surface area contributed by atoms with Crippen LogP contribution in [0.4, 0.5) is 17.3 Å². The van der Waals surface area contributed by atoms with Crippen LogP contribution in [0, 0.1) is 17.0 Å². The molecule has 0 bridgehead atoms. The van der Waals surface area contributed by atoms with Gasteiger partial charge in [0.2, 0.25) is 18.1 Å². The zero-order valence-electron chi connectivity index (χ0n) is 12.0. The molecule has 0 spiro atoms. The number of aryl methyl sites for hydroxylation is 2. The van der Waals surface area contributed by atoms with Crippen molar-refractivity contribution < 1.29 is 9.72 Å². The SMILES string of the molecule is Cc1cc(Br)ccc1NC(=O)CNc1c([N+](=O)[O-])ncn1C. The van der Waals surface area contributed by atoms with Crippen molar-refractivity contribution >= 4 is 39.2 Å². The van der Waals surface area contributed by atoms with Crippen LogP contribution in [-0.4, -0.2) is 26.9 Å². The Morgan fingerprint density at radius 2 is 2.23 bits per heavy atom. The summed E-state index contributed by atoms with van der Waals surface area (Å²) in [5.41, 5.74) is 1.60. The first-order valence-corrected chi connectivity index (χ1v) is 7.13. The van der Waals surface area contributed by atoms with Crippen LogP contribution in [0.25, 0.3) is 0 Å². The predicted octanol–water partition coefficient (Wildman–Crippen LogP) is 2.45. The third-order valence-electron chi connectivity index (χ3n) is 2.97. The van der Waals surface area contributed by atoms with E-state index in [1.165, 1.54) is 10.9 Å². The van der Waals surface area contributed by atoms with Gasteiger partial charge in [-0.2, -0.15) is 0 Å². The Balaban J connectivity index is 2.02. The van der Waals surface area contributed by atoms with E-state index < -0.39 is 4.92 Å². The van der Waals surface area contributed by atoms with Gasteiger partial charge in [0.05, 0.1) is 6.54 Å². The number of amides is 1. The highest BCUT2D eigenvalue weighted by molar-refractivity contribution is 9.10. The van der Waals surface area contributed by atoms with E-state index in [9.17, 15) is 14.9 Å². The molecule has 0 aliphatic rings. The summed E-state index contributed by atoms with van der Waals surface area (Å²) in [5, 5.41) is 16.3. The van der Waals surface area contributed by atoms with Gasteiger partial charge in [-0.25, -0.2) is 0 Å². The predicted molar refractivity (Wildman–Crippen MR) is 85.9 cm³/mol. The summed E-state index contributed by atoms with van der Waals surface area (Å²) in [7, 11) is 1.61. The third-order valence-corrected chi connectivity index (χ3v) is 3.46. The minimum atomic E-state index is -0.598. The normalized spacial score (nSPS) is 10.3. The first-order valence-electron chi connectivity index (χ1n) is 6.34. The van der Waals surface area contributed by atoms with Gasteiger partial charge >= 0.3 is 5.82 Å². The molecule has 0 saturated carbocycles. The molecule has 2 N–H and O–H groups in total. The molecule has 116 valence electrons. The van der Waals surface area contributed by atoms with E-state index in [0.29, 0.717) is 5.69 Å². The molecule has 1 aromatic carbocycles. The van der Waals surface area contributed by atoms with Crippen LogP contribution < -0.4 is 10.6 Å². The first-order chi connectivity index (χ1) is 10.4. The summed E-state index contributed by atoms with van der Waals surface area (Å²) < 4.78 is 2.38. The first kappa shape index (κ1) is 16.0. The average Bonchev–Trinajstić information content (AvgIpc) is 2.81. The molecule has 8 nitrogen and oxygen atoms in total. The van der Waals surface area contributed by atoms with Crippen LogP contribution in [0.2, 0.25) is 0 Å². The Bertz CT molecular complexity index is 728. The molecule has 2 rings (SSSR count). The smallest absolute Gasteiger partial charge is 0.358 e. The maximum absolute atomic E-state index is 12.0. The lowest BCUT2D eigenvalue weighted by Gasteiger charge is -2.10. The van der Waals surface area contributed by atoms with Crippen molar-refractivity contribution in [2.45, 2.75) is 6.92 Å². The summed E-state index contributed by atoms with van der Waals surface area (Å²) in [5.74, 6) is -0.427. The van der Waals surface area contributed by atoms with Gasteiger partial charge in [-0.3, -0.25) is 9.36 Å². The molecule has 1 heterocycles. The van der Waals surface area contributed by atoms with Crippen molar-refractivity contribution in [3.8, 4) is 0 Å². The average molecular weight is 368 g/mol. The minimum absolute atomic E-state index is 0.101. The monoisotopic (exact) mass is 367 g/mol. The molecule has 0 aliphatic carbocycles. The number of nitrogens with one attached hydrogen (secondary N) is 2. The number of hydrogen-bond donors (Lipinski definition) is 2. The Morgan fingerprint density at radius 1 is 1.50 bits per heavy atom. The summed E-state index contributed by atoms with van der Waals surface area (Å²) in [6, 6.07) is 5.49. The molecule has 22 heavy (non-hydrogen) atoms. The number of aromatic nitrogens is 2. The number of rotatable bonds is 5. The lowest BCUT2D eigenvalue weighted by molar-refractivity contribution is -0.388. The van der Waals surface area contributed by atoms with Crippen molar-refractivity contribution in [1.29, 1.82) is 0 Å². The van der Waals surface area contributed by atoms with E-state index in [1.54, 1.807) is 13.1 Å². The van der Waals surface area contributed by atoms with Crippen LogP contribution in [0.5, 0.6) is 0 Å². The summed E-state index contributed by atoms with van der Waals surface area (Å²) >= 11 is 3.35. The van der Waals surface area contributed by atoms with Gasteiger partial charge in [-0.1, -0.05) is 15.9 Å². The zero-order chi connectivity index (χ0) is 16.3. The second kappa shape index (κ2) is 6.56. The fourth-order valence-electron chi connectivity index (χ4n) is 1.88. The molecule has 1 aromatic heterocycles. The van der Waals surface area contributed by atoms with Crippen molar-refractivity contribution in [3.05, 3.63) is 44.7 Å². The lowest BCUT2D eigenvalue weighted by Crippen LogP contribution is -2.23. The maximum Gasteiger partial charge on any atom is 0.406 e. The van der Waals surface area contributed by atoms with E-state index in [2.05, 4.69) is 31.5 Å². The molecule has 0 unspecified atom stereocenters. The Labute approximate surface area is 134 Å². The molecule has 0 aliphatic heterocycles. The van der Waals surface area contributed by atoms with E-state index >= 15 is 0 Å². The van der Waals surface area contributed by atoms with E-state index in [0.717, 1.165) is 10.0 Å². The standard InChI is InChI=1S/C13H14BrN5O3/c1-8-5-9(14)3-4-10(8)17-11(20)6-15-12-13(19(21)22)16-7-18(12)2/h3-5,7,15H,6H2,1-2H3,(H,17,20). The Kier molecular flexibility index (Phi) is 4.76. The highest BCUT2D eigenvalue weighted by atomic mass is 79.9. The summed E-state index contributed by atoms with van der Waals surface area (Å²) in [6.07, 6.45) is 1.32. The van der Waals surface area contributed by atoms with Gasteiger partial charge in [0, 0.05) is 17.2 Å². The summed E-state index contributed by atoms with van der Waals surface area (Å²) in [6.45, 7) is 1.77. The summed E-state index contributed by atoms with van der Waals surface area (Å²) in [4.78, 5) is 25.9. The van der Waals surface area contributed by atoms with E-state index in [1.807, 2.05) is 19.1 Å². The van der Waals surface area contributed by atoms with Crippen molar-refractivity contribution in [2.75, 3.05) is 17.2 Å². The molecular weight excluding hydrogens is 354 g/mol. The van der Waals surface area contributed by atoms with Gasteiger partial charge in [-0.15, -0.1) is 0 Å². The number of halogens is 1. The van der Waals surface area contributed by atoms with Crippen LogP contribution in [0.1, 0.15) is 5.56 Å². The fourth-order valence-corrected chi connectivity index (χ4v) is 2.36. The van der Waals surface area contributed by atoms with E-state index in [4.69, 9.17) is 0 Å². The molecule has 0 fully saturated rings. The molecule has 0 atom stereocenters. The number of hydrogen-bond acceptors (Lipinski definition) is 5. The lowest BCUT2D eigenvalue weighted by atomic mass is 10.2. The van der Waals surface area contributed by atoms with Gasteiger partial charge in [-0.05, 0) is 40.6 Å². The number of imidazole rings is 1. The van der Waals surface area contributed by atoms with E-state index in [-0.39, 0.29) is 24.1 Å². The minimum Gasteiger partial charge on any atom is -0.358 e. The number of anilines is 2. The number of carbonyl (C=O) groups excluding carboxylic acids is 1. The quantitative estimate of drug-likeness (QED) is 0.624. The zero-order valence-corrected chi connectivity index (χ0v) is 13.5. The number of carbonyl (C=O) groups is 1. The second-order valence-corrected chi connectivity index (χ2v) is 5.56. The van der Waals surface area contributed by atoms with Crippen LogP contribution >= 0.6 is 15.9 Å². The van der Waals surface area contributed by atoms with Gasteiger partial charge in [0.25, 0.3) is 0 Å². The second-order valence-electron chi connectivity index (χ2n) is 4.65. The van der Waals surface area contributed by atoms with Gasteiger partial charge in [0.1, 0.15) is 0 Å². The van der Waals surface area contributed by atoms with Crippen molar-refractivity contribution in [2.24, 2.45) is 7.05 Å². The molecule has 0 radical (unpaired) electrons. The highest BCUT2D eigenvalue weighted by Crippen LogP contribution is 2.21. The Morgan fingerprint density at radius 3 is 2.86 bits per heavy atom. The van der Waals surface area contributed by atoms with Crippen LogP contribution in [-0.2, 0) is 11.8 Å². The number of benzene rings is 1. The topological polar surface area (TPSA) is 102 Å². The maximum atomic E-state index is 12.0. The van der Waals surface area contributed by atoms with Crippen molar-refractivity contribution in [3.63, 3.8) is 0 Å². The molecule has 2 aromatic rings. The molecule has 9 heteroatoms. The largest absolute Gasteiger partial charge is 0.406 e. The van der Waals surface area contributed by atoms with Gasteiger partial charge < -0.3 is 20.7 Å². The van der Waals surface area contributed by atoms with Crippen LogP contribution in [0.15, 0.2) is 29.0 Å². The van der Waals surface area contributed by atoms with Crippen LogP contribution in [0.3, 0.4) is 0 Å². The molecular formula is C13H14BrN5O3. The molecule has 0 saturated heterocycles. The van der Waals surface area contributed by atoms with Gasteiger partial charge in [0.15, 0.2) is 0 Å². The fraction of sp³-hybridized carbons (Fsp3) is 0.231.